The van der Waals surface area contributed by atoms with Crippen molar-refractivity contribution in [1.82, 2.24) is 5.32 Å². The molecular weight excluding hydrogens is 290 g/mol. The molecule has 21 heavy (non-hydrogen) atoms. The molecule has 0 atom stereocenters. The lowest BCUT2D eigenvalue weighted by molar-refractivity contribution is -0.131. The van der Waals surface area contributed by atoms with Crippen molar-refractivity contribution in [3.63, 3.8) is 0 Å². The van der Waals surface area contributed by atoms with E-state index in [1.165, 1.54) is 0 Å². The van der Waals surface area contributed by atoms with Gasteiger partial charge in [0.15, 0.2) is 0 Å². The minimum atomic E-state index is -3.05. The second-order valence-electron chi connectivity index (χ2n) is 6.88. The Bertz CT molecular complexity index is 427. The number of sulfone groups is 1. The molecule has 0 fully saturated rings. The Hall–Kier alpha value is -0.620. The molecule has 0 heterocycles. The quantitative estimate of drug-likeness (QED) is 0.669. The molecule has 0 spiro atoms. The summed E-state index contributed by atoms with van der Waals surface area (Å²) in [5.74, 6) is -0.169. The Kier molecular flexibility index (Phi) is 7.89. The van der Waals surface area contributed by atoms with Crippen molar-refractivity contribution in [1.29, 1.82) is 0 Å². The molecule has 0 saturated heterocycles. The van der Waals surface area contributed by atoms with Crippen LogP contribution in [0.1, 0.15) is 53.9 Å². The van der Waals surface area contributed by atoms with Crippen LogP contribution in [0.4, 0.5) is 0 Å². The summed E-state index contributed by atoms with van der Waals surface area (Å²) < 4.78 is 27.9. The van der Waals surface area contributed by atoms with Crippen LogP contribution in [-0.2, 0) is 19.4 Å². The molecule has 126 valence electrons. The van der Waals surface area contributed by atoms with Crippen LogP contribution in [0.5, 0.6) is 0 Å². The first kappa shape index (κ1) is 20.4. The molecule has 0 radical (unpaired) electrons. The fraction of sp³-hybridized carbons (Fsp3) is 0.933. The van der Waals surface area contributed by atoms with Gasteiger partial charge in [-0.3, -0.25) is 4.79 Å². The molecule has 0 aliphatic heterocycles. The number of nitrogens with one attached hydrogen (secondary N) is 1. The Morgan fingerprint density at radius 1 is 1.14 bits per heavy atom. The summed E-state index contributed by atoms with van der Waals surface area (Å²) in [4.78, 5) is 12.1. The van der Waals surface area contributed by atoms with E-state index in [1.54, 1.807) is 0 Å². The molecule has 1 N–H and O–H groups in total. The van der Waals surface area contributed by atoms with Crippen LogP contribution in [-0.4, -0.2) is 45.1 Å². The number of hydrogen-bond acceptors (Lipinski definition) is 4. The van der Waals surface area contributed by atoms with Crippen LogP contribution >= 0.6 is 0 Å². The van der Waals surface area contributed by atoms with Gasteiger partial charge in [0.25, 0.3) is 0 Å². The molecule has 0 rings (SSSR count). The van der Waals surface area contributed by atoms with E-state index in [4.69, 9.17) is 4.74 Å². The number of rotatable bonds is 10. The van der Waals surface area contributed by atoms with Crippen LogP contribution in [0.3, 0.4) is 0 Å². The van der Waals surface area contributed by atoms with Gasteiger partial charge >= 0.3 is 0 Å². The van der Waals surface area contributed by atoms with Gasteiger partial charge < -0.3 is 10.1 Å². The lowest BCUT2D eigenvalue weighted by Crippen LogP contribution is -2.40. The van der Waals surface area contributed by atoms with Crippen LogP contribution in [0.25, 0.3) is 0 Å². The zero-order chi connectivity index (χ0) is 16.7. The summed E-state index contributed by atoms with van der Waals surface area (Å²) in [5, 5.41) is 2.68. The lowest BCUT2D eigenvalue weighted by Gasteiger charge is -2.28. The van der Waals surface area contributed by atoms with E-state index in [2.05, 4.69) is 26.1 Å². The first-order chi connectivity index (χ1) is 9.40. The van der Waals surface area contributed by atoms with Gasteiger partial charge in [0.1, 0.15) is 9.84 Å². The molecule has 0 bridgehead atoms. The summed E-state index contributed by atoms with van der Waals surface area (Å²) in [7, 11) is -3.05. The molecule has 0 saturated carbocycles. The van der Waals surface area contributed by atoms with Gasteiger partial charge in [-0.25, -0.2) is 8.42 Å². The Morgan fingerprint density at radius 2 is 1.71 bits per heavy atom. The zero-order valence-corrected chi connectivity index (χ0v) is 15.1. The minimum absolute atomic E-state index is 0.0329. The number of ether oxygens (including phenoxy) is 1. The number of carbonyl (C=O) groups is 1. The Morgan fingerprint density at radius 3 is 2.19 bits per heavy atom. The molecule has 0 aromatic carbocycles. The number of amides is 1. The largest absolute Gasteiger partial charge is 0.376 e. The number of hydrogen-bond donors (Lipinski definition) is 1. The SMILES string of the molecule is CCCC(C)(C)OCCC(C)(C)C(=O)NCCS(C)(=O)=O. The molecule has 0 aliphatic rings. The van der Waals surface area contributed by atoms with Crippen molar-refractivity contribution >= 4 is 15.7 Å². The van der Waals surface area contributed by atoms with Crippen LogP contribution < -0.4 is 5.32 Å². The van der Waals surface area contributed by atoms with Crippen molar-refractivity contribution in [3.05, 3.63) is 0 Å². The molecule has 6 heteroatoms. The van der Waals surface area contributed by atoms with E-state index in [0.717, 1.165) is 19.1 Å². The molecule has 0 aliphatic carbocycles. The fourth-order valence-electron chi connectivity index (χ4n) is 1.96. The first-order valence-corrected chi connectivity index (χ1v) is 9.56. The third-order valence-corrected chi connectivity index (χ3v) is 4.39. The maximum Gasteiger partial charge on any atom is 0.225 e. The number of carbonyl (C=O) groups excluding carboxylic acids is 1. The second kappa shape index (κ2) is 8.13. The monoisotopic (exact) mass is 321 g/mol. The summed E-state index contributed by atoms with van der Waals surface area (Å²) in [6, 6.07) is 0. The van der Waals surface area contributed by atoms with Crippen LogP contribution in [0, 0.1) is 5.41 Å². The fourth-order valence-corrected chi connectivity index (χ4v) is 2.43. The zero-order valence-electron chi connectivity index (χ0n) is 14.3. The van der Waals surface area contributed by atoms with Gasteiger partial charge in [-0.15, -0.1) is 0 Å². The normalized spacial score (nSPS) is 13.2. The van der Waals surface area contributed by atoms with E-state index in [1.807, 2.05) is 13.8 Å². The van der Waals surface area contributed by atoms with E-state index in [0.29, 0.717) is 13.0 Å². The standard InChI is InChI=1S/C15H31NO4S/c1-7-8-15(4,5)20-11-9-14(2,3)13(17)16-10-12-21(6,18)19/h7-12H2,1-6H3,(H,16,17). The Labute approximate surface area is 129 Å². The van der Waals surface area contributed by atoms with Crippen molar-refractivity contribution < 1.29 is 17.9 Å². The molecule has 1 amide bonds. The molecule has 0 aromatic rings. The maximum atomic E-state index is 12.1. The van der Waals surface area contributed by atoms with E-state index < -0.39 is 15.3 Å². The van der Waals surface area contributed by atoms with Crippen molar-refractivity contribution in [2.45, 2.75) is 59.5 Å². The first-order valence-electron chi connectivity index (χ1n) is 7.49. The summed E-state index contributed by atoms with van der Waals surface area (Å²) in [6.07, 6.45) is 3.80. The predicted molar refractivity (Wildman–Crippen MR) is 86.1 cm³/mol. The van der Waals surface area contributed by atoms with E-state index in [9.17, 15) is 13.2 Å². The predicted octanol–water partition coefficient (Wildman–Crippen LogP) is 2.16. The van der Waals surface area contributed by atoms with Gasteiger partial charge in [0, 0.05) is 24.8 Å². The minimum Gasteiger partial charge on any atom is -0.376 e. The van der Waals surface area contributed by atoms with E-state index in [-0.39, 0.29) is 23.8 Å². The highest BCUT2D eigenvalue weighted by atomic mass is 32.2. The molecule has 5 nitrogen and oxygen atoms in total. The van der Waals surface area contributed by atoms with Crippen LogP contribution in [0.15, 0.2) is 0 Å². The summed E-state index contributed by atoms with van der Waals surface area (Å²) in [5.41, 5.74) is -0.739. The summed E-state index contributed by atoms with van der Waals surface area (Å²) in [6.45, 7) is 10.6. The average Bonchev–Trinajstić information content (AvgIpc) is 2.26. The van der Waals surface area contributed by atoms with Gasteiger partial charge in [0.2, 0.25) is 5.91 Å². The van der Waals surface area contributed by atoms with Crippen LogP contribution in [0.2, 0.25) is 0 Å². The third kappa shape index (κ3) is 9.85. The topological polar surface area (TPSA) is 72.5 Å². The van der Waals surface area contributed by atoms with Crippen molar-refractivity contribution in [2.24, 2.45) is 5.41 Å². The highest BCUT2D eigenvalue weighted by molar-refractivity contribution is 7.90. The van der Waals surface area contributed by atoms with Gasteiger partial charge in [-0.2, -0.15) is 0 Å². The van der Waals surface area contributed by atoms with Crippen molar-refractivity contribution in [2.75, 3.05) is 25.2 Å². The van der Waals surface area contributed by atoms with Gasteiger partial charge in [-0.05, 0) is 26.7 Å². The molecule has 0 unspecified atom stereocenters. The Balaban J connectivity index is 4.20. The third-order valence-electron chi connectivity index (χ3n) is 3.45. The molecular formula is C15H31NO4S. The summed E-state index contributed by atoms with van der Waals surface area (Å²) >= 11 is 0. The average molecular weight is 321 g/mol. The maximum absolute atomic E-state index is 12.1. The van der Waals surface area contributed by atoms with Gasteiger partial charge in [0.05, 0.1) is 11.4 Å². The smallest absolute Gasteiger partial charge is 0.225 e. The van der Waals surface area contributed by atoms with Gasteiger partial charge in [-0.1, -0.05) is 27.2 Å². The van der Waals surface area contributed by atoms with Crippen molar-refractivity contribution in [3.8, 4) is 0 Å². The molecule has 0 aromatic heterocycles. The lowest BCUT2D eigenvalue weighted by atomic mass is 9.88. The second-order valence-corrected chi connectivity index (χ2v) is 9.14. The highest BCUT2D eigenvalue weighted by Crippen LogP contribution is 2.23. The van der Waals surface area contributed by atoms with E-state index >= 15 is 0 Å². The highest BCUT2D eigenvalue weighted by Gasteiger charge is 2.28.